The van der Waals surface area contributed by atoms with Gasteiger partial charge in [-0.3, -0.25) is 4.90 Å². The van der Waals surface area contributed by atoms with Crippen molar-refractivity contribution in [2.24, 2.45) is 0 Å². The van der Waals surface area contributed by atoms with Crippen molar-refractivity contribution >= 4 is 17.9 Å². The Labute approximate surface area is 123 Å². The summed E-state index contributed by atoms with van der Waals surface area (Å²) in [6.45, 7) is 0.682. The van der Waals surface area contributed by atoms with Crippen LogP contribution < -0.4 is 10.2 Å². The highest BCUT2D eigenvalue weighted by atomic mass is 16.6. The molecule has 1 aliphatic heterocycles. The monoisotopic (exact) mass is 290 g/mol. The number of carbonyl (C=O) groups is 2. The van der Waals surface area contributed by atoms with E-state index in [9.17, 15) is 9.59 Å². The number of alkyl carbamates (subject to hydrolysis) is 1. The fourth-order valence-corrected chi connectivity index (χ4v) is 2.83. The first-order chi connectivity index (χ1) is 10.2. The summed E-state index contributed by atoms with van der Waals surface area (Å²) in [5.74, 6) is 0. The number of hydrogen-bond donors (Lipinski definition) is 1. The molecule has 0 aromatic heterocycles. The molecule has 6 heteroatoms. The van der Waals surface area contributed by atoms with Gasteiger partial charge in [0.15, 0.2) is 0 Å². The zero-order valence-corrected chi connectivity index (χ0v) is 11.9. The fourth-order valence-electron chi connectivity index (χ4n) is 2.83. The Hall–Kier alpha value is -2.24. The quantitative estimate of drug-likeness (QED) is 0.922. The molecule has 0 unspecified atom stereocenters. The lowest BCUT2D eigenvalue weighted by Crippen LogP contribution is -2.34. The van der Waals surface area contributed by atoms with Gasteiger partial charge in [-0.05, 0) is 42.5 Å². The highest BCUT2D eigenvalue weighted by molar-refractivity contribution is 5.90. The Morgan fingerprint density at radius 3 is 3.05 bits per heavy atom. The number of rotatable bonds is 3. The van der Waals surface area contributed by atoms with Gasteiger partial charge in [-0.15, -0.1) is 0 Å². The highest BCUT2D eigenvalue weighted by Crippen LogP contribution is 2.29. The Bertz CT molecular complexity index is 573. The number of carbonyl (C=O) groups excluding carboxylic acids is 2. The Morgan fingerprint density at radius 2 is 2.24 bits per heavy atom. The number of nitrogens with zero attached hydrogens (tertiary/aromatic N) is 1. The van der Waals surface area contributed by atoms with Crippen LogP contribution in [0, 0.1) is 0 Å². The minimum Gasteiger partial charge on any atom is -0.453 e. The number of nitrogens with one attached hydrogen (secondary N) is 1. The summed E-state index contributed by atoms with van der Waals surface area (Å²) in [4.78, 5) is 24.6. The summed E-state index contributed by atoms with van der Waals surface area (Å²) in [5.41, 5.74) is 3.55. The first kappa shape index (κ1) is 13.7. The Morgan fingerprint density at radius 1 is 1.43 bits per heavy atom. The molecule has 1 saturated heterocycles. The molecule has 2 amide bonds. The van der Waals surface area contributed by atoms with Gasteiger partial charge < -0.3 is 14.8 Å². The van der Waals surface area contributed by atoms with E-state index in [0.717, 1.165) is 18.5 Å². The van der Waals surface area contributed by atoms with E-state index in [1.807, 2.05) is 6.07 Å². The highest BCUT2D eigenvalue weighted by Gasteiger charge is 2.33. The predicted molar refractivity (Wildman–Crippen MR) is 76.5 cm³/mol. The summed E-state index contributed by atoms with van der Waals surface area (Å²) < 4.78 is 9.75. The van der Waals surface area contributed by atoms with E-state index in [0.29, 0.717) is 6.54 Å². The molecule has 0 radical (unpaired) electrons. The summed E-state index contributed by atoms with van der Waals surface area (Å²) in [5, 5.41) is 2.54. The van der Waals surface area contributed by atoms with Crippen LogP contribution in [0.25, 0.3) is 0 Å². The van der Waals surface area contributed by atoms with Crippen LogP contribution in [0.4, 0.5) is 15.3 Å². The number of amides is 2. The maximum Gasteiger partial charge on any atom is 0.414 e. The minimum absolute atomic E-state index is 0.250. The van der Waals surface area contributed by atoms with Crippen molar-refractivity contribution in [2.45, 2.75) is 25.4 Å². The molecule has 1 aromatic carbocycles. The molecule has 1 fully saturated rings. The summed E-state index contributed by atoms with van der Waals surface area (Å²) in [6, 6.07) is 6.12. The number of fused-ring (bicyclic) bond motifs is 1. The van der Waals surface area contributed by atoms with Crippen LogP contribution >= 0.6 is 0 Å². The molecule has 0 spiro atoms. The zero-order chi connectivity index (χ0) is 14.8. The van der Waals surface area contributed by atoms with Crippen molar-refractivity contribution in [1.82, 2.24) is 5.32 Å². The molecule has 1 N–H and O–H groups in total. The van der Waals surface area contributed by atoms with Crippen molar-refractivity contribution in [2.75, 3.05) is 25.1 Å². The van der Waals surface area contributed by atoms with Gasteiger partial charge in [-0.1, -0.05) is 6.07 Å². The Kier molecular flexibility index (Phi) is 3.68. The van der Waals surface area contributed by atoms with Crippen LogP contribution in [-0.4, -0.2) is 38.5 Å². The third kappa shape index (κ3) is 2.79. The molecular weight excluding hydrogens is 272 g/mol. The first-order valence-electron chi connectivity index (χ1n) is 7.09. The lowest BCUT2D eigenvalue weighted by Gasteiger charge is -2.14. The standard InChI is InChI=1S/C15H18N2O4/c1-20-14(18)16-8-13-9-17(15(19)21-13)12-6-5-10-3-2-4-11(10)7-12/h5-7,13H,2-4,8-9H2,1H3,(H,16,18)/t13-/m0/s1. The topological polar surface area (TPSA) is 67.9 Å². The van der Waals surface area contributed by atoms with Crippen molar-refractivity contribution in [3.8, 4) is 0 Å². The molecule has 21 heavy (non-hydrogen) atoms. The van der Waals surface area contributed by atoms with E-state index in [-0.39, 0.29) is 18.7 Å². The number of methoxy groups -OCH3 is 1. The molecule has 2 aliphatic rings. The van der Waals surface area contributed by atoms with E-state index in [1.54, 1.807) is 4.90 Å². The second-order valence-electron chi connectivity index (χ2n) is 5.30. The number of aryl methyl sites for hydroxylation is 2. The molecule has 6 nitrogen and oxygen atoms in total. The third-order valence-electron chi connectivity index (χ3n) is 3.93. The summed E-state index contributed by atoms with van der Waals surface area (Å²) in [6.07, 6.45) is 2.11. The smallest absolute Gasteiger partial charge is 0.414 e. The number of hydrogen-bond acceptors (Lipinski definition) is 4. The number of anilines is 1. The molecule has 3 rings (SSSR count). The van der Waals surface area contributed by atoms with E-state index in [2.05, 4.69) is 22.2 Å². The van der Waals surface area contributed by atoms with Crippen LogP contribution in [-0.2, 0) is 22.3 Å². The lowest BCUT2D eigenvalue weighted by molar-refractivity contribution is 0.132. The second kappa shape index (κ2) is 5.63. The first-order valence-corrected chi connectivity index (χ1v) is 7.09. The van der Waals surface area contributed by atoms with Gasteiger partial charge in [0.25, 0.3) is 0 Å². The van der Waals surface area contributed by atoms with Crippen molar-refractivity contribution in [3.05, 3.63) is 29.3 Å². The molecule has 112 valence electrons. The predicted octanol–water partition coefficient (Wildman–Crippen LogP) is 1.86. The van der Waals surface area contributed by atoms with Crippen LogP contribution in [0.5, 0.6) is 0 Å². The largest absolute Gasteiger partial charge is 0.453 e. The average Bonchev–Trinajstić information content (AvgIpc) is 3.10. The number of benzene rings is 1. The lowest BCUT2D eigenvalue weighted by atomic mass is 10.1. The van der Waals surface area contributed by atoms with Crippen molar-refractivity contribution in [1.29, 1.82) is 0 Å². The maximum absolute atomic E-state index is 12.0. The molecular formula is C15H18N2O4. The fraction of sp³-hybridized carbons (Fsp3) is 0.467. The molecule has 1 heterocycles. The summed E-state index contributed by atoms with van der Waals surface area (Å²) in [7, 11) is 1.30. The molecule has 0 saturated carbocycles. The molecule has 1 aliphatic carbocycles. The van der Waals surface area contributed by atoms with Gasteiger partial charge in [0.1, 0.15) is 6.10 Å². The van der Waals surface area contributed by atoms with Crippen molar-refractivity contribution in [3.63, 3.8) is 0 Å². The Balaban J connectivity index is 1.66. The van der Waals surface area contributed by atoms with Gasteiger partial charge in [0.2, 0.25) is 0 Å². The molecule has 1 atom stereocenters. The van der Waals surface area contributed by atoms with E-state index < -0.39 is 6.09 Å². The average molecular weight is 290 g/mol. The van der Waals surface area contributed by atoms with E-state index in [1.165, 1.54) is 24.7 Å². The van der Waals surface area contributed by atoms with Crippen LogP contribution in [0.3, 0.4) is 0 Å². The second-order valence-corrected chi connectivity index (χ2v) is 5.30. The SMILES string of the molecule is COC(=O)NC[C@H]1CN(c2ccc3c(c2)CCC3)C(=O)O1. The molecule has 1 aromatic rings. The van der Waals surface area contributed by atoms with Crippen LogP contribution in [0.15, 0.2) is 18.2 Å². The van der Waals surface area contributed by atoms with E-state index in [4.69, 9.17) is 4.74 Å². The van der Waals surface area contributed by atoms with Gasteiger partial charge in [-0.2, -0.15) is 0 Å². The van der Waals surface area contributed by atoms with Gasteiger partial charge in [0, 0.05) is 5.69 Å². The number of ether oxygens (including phenoxy) is 2. The molecule has 0 bridgehead atoms. The minimum atomic E-state index is -0.526. The van der Waals surface area contributed by atoms with Crippen LogP contribution in [0.1, 0.15) is 17.5 Å². The van der Waals surface area contributed by atoms with Crippen molar-refractivity contribution < 1.29 is 19.1 Å². The van der Waals surface area contributed by atoms with Gasteiger partial charge in [0.05, 0.1) is 20.2 Å². The van der Waals surface area contributed by atoms with E-state index >= 15 is 0 Å². The van der Waals surface area contributed by atoms with Gasteiger partial charge >= 0.3 is 12.2 Å². The van der Waals surface area contributed by atoms with Gasteiger partial charge in [-0.25, -0.2) is 9.59 Å². The summed E-state index contributed by atoms with van der Waals surface area (Å²) >= 11 is 0. The normalized spacial score (nSPS) is 20.1. The maximum atomic E-state index is 12.0. The van der Waals surface area contributed by atoms with Crippen LogP contribution in [0.2, 0.25) is 0 Å². The zero-order valence-electron chi connectivity index (χ0n) is 11.9. The third-order valence-corrected chi connectivity index (χ3v) is 3.93. The number of cyclic esters (lactones) is 1.